The van der Waals surface area contributed by atoms with E-state index in [4.69, 9.17) is 0 Å². The molecule has 0 unspecified atom stereocenters. The Hall–Kier alpha value is -2.29. The number of benzene rings is 2. The van der Waals surface area contributed by atoms with Crippen LogP contribution in [0.5, 0.6) is 0 Å². The molecule has 0 aliphatic heterocycles. The fraction of sp³-hybridized carbons (Fsp3) is 0.350. The van der Waals surface area contributed by atoms with E-state index in [-0.39, 0.29) is 11.3 Å². The van der Waals surface area contributed by atoms with Gasteiger partial charge in [0.2, 0.25) is 5.91 Å². The van der Waals surface area contributed by atoms with Crippen molar-refractivity contribution in [2.24, 2.45) is 0 Å². The van der Waals surface area contributed by atoms with Gasteiger partial charge in [0.1, 0.15) is 0 Å². The molecular weight excluding hydrogens is 284 g/mol. The van der Waals surface area contributed by atoms with Crippen LogP contribution >= 0.6 is 0 Å². The van der Waals surface area contributed by atoms with Gasteiger partial charge in [0.05, 0.1) is 5.41 Å². The Labute approximate surface area is 138 Å². The van der Waals surface area contributed by atoms with Crippen LogP contribution in [0.1, 0.15) is 30.4 Å². The van der Waals surface area contributed by atoms with Gasteiger partial charge in [0.15, 0.2) is 0 Å². The quantitative estimate of drug-likeness (QED) is 0.917. The van der Waals surface area contributed by atoms with Crippen LogP contribution in [0.15, 0.2) is 54.6 Å². The van der Waals surface area contributed by atoms with E-state index in [0.717, 1.165) is 30.4 Å². The van der Waals surface area contributed by atoms with Crippen molar-refractivity contribution in [3.8, 4) is 0 Å². The molecule has 0 heterocycles. The van der Waals surface area contributed by atoms with Crippen LogP contribution in [-0.4, -0.2) is 20.0 Å². The smallest absolute Gasteiger partial charge is 0.230 e. The average molecular weight is 308 g/mol. The number of nitrogens with one attached hydrogen (secondary N) is 1. The van der Waals surface area contributed by atoms with E-state index in [1.54, 1.807) is 0 Å². The fourth-order valence-electron chi connectivity index (χ4n) is 3.20. The van der Waals surface area contributed by atoms with E-state index >= 15 is 0 Å². The summed E-state index contributed by atoms with van der Waals surface area (Å²) in [4.78, 5) is 14.8. The largest absolute Gasteiger partial charge is 0.378 e. The molecule has 0 radical (unpaired) electrons. The van der Waals surface area contributed by atoms with E-state index in [1.807, 2.05) is 32.3 Å². The number of amides is 1. The first kappa shape index (κ1) is 15.6. The van der Waals surface area contributed by atoms with E-state index in [1.165, 1.54) is 5.69 Å². The molecule has 1 aliphatic rings. The van der Waals surface area contributed by atoms with Gasteiger partial charge in [0, 0.05) is 26.3 Å². The van der Waals surface area contributed by atoms with Gasteiger partial charge in [-0.25, -0.2) is 0 Å². The normalized spacial score (nSPS) is 15.6. The van der Waals surface area contributed by atoms with Crippen LogP contribution in [0.2, 0.25) is 0 Å². The predicted molar refractivity (Wildman–Crippen MR) is 94.6 cm³/mol. The van der Waals surface area contributed by atoms with Gasteiger partial charge in [-0.1, -0.05) is 48.9 Å². The first-order valence-corrected chi connectivity index (χ1v) is 8.22. The molecular formula is C20H24N2O. The minimum absolute atomic E-state index is 0.159. The van der Waals surface area contributed by atoms with Gasteiger partial charge in [-0.15, -0.1) is 0 Å². The van der Waals surface area contributed by atoms with Crippen molar-refractivity contribution in [2.75, 3.05) is 19.0 Å². The van der Waals surface area contributed by atoms with Gasteiger partial charge in [0.25, 0.3) is 0 Å². The highest BCUT2D eigenvalue weighted by Crippen LogP contribution is 2.43. The number of carbonyl (C=O) groups excluding carboxylic acids is 1. The molecule has 23 heavy (non-hydrogen) atoms. The number of hydrogen-bond acceptors (Lipinski definition) is 2. The molecule has 1 aliphatic carbocycles. The molecule has 2 aromatic carbocycles. The molecule has 1 N–H and O–H groups in total. The second kappa shape index (κ2) is 6.45. The number of carbonyl (C=O) groups is 1. The lowest BCUT2D eigenvalue weighted by atomic mass is 9.64. The molecule has 3 rings (SSSR count). The van der Waals surface area contributed by atoms with Gasteiger partial charge >= 0.3 is 0 Å². The maximum atomic E-state index is 12.8. The minimum atomic E-state index is -0.315. The highest BCUT2D eigenvalue weighted by atomic mass is 16.2. The summed E-state index contributed by atoms with van der Waals surface area (Å²) in [5.41, 5.74) is 3.13. The van der Waals surface area contributed by atoms with E-state index in [0.29, 0.717) is 6.54 Å². The maximum absolute atomic E-state index is 12.8. The van der Waals surface area contributed by atoms with Crippen molar-refractivity contribution in [1.82, 2.24) is 5.32 Å². The molecule has 0 bridgehead atoms. The van der Waals surface area contributed by atoms with Crippen LogP contribution in [-0.2, 0) is 16.8 Å². The lowest BCUT2D eigenvalue weighted by Crippen LogP contribution is -2.48. The zero-order valence-corrected chi connectivity index (χ0v) is 13.9. The number of hydrogen-bond donors (Lipinski definition) is 1. The van der Waals surface area contributed by atoms with Crippen molar-refractivity contribution in [1.29, 1.82) is 0 Å². The van der Waals surface area contributed by atoms with E-state index in [9.17, 15) is 4.79 Å². The van der Waals surface area contributed by atoms with Gasteiger partial charge in [-0.2, -0.15) is 0 Å². The van der Waals surface area contributed by atoms with Gasteiger partial charge < -0.3 is 10.2 Å². The standard InChI is InChI=1S/C20H24N2O/c1-22(2)18-11-9-16(10-12-18)15-21-19(23)20(13-6-14-20)17-7-4-3-5-8-17/h3-5,7-12H,6,13-15H2,1-2H3,(H,21,23). The van der Waals surface area contributed by atoms with Crippen molar-refractivity contribution >= 4 is 11.6 Å². The minimum Gasteiger partial charge on any atom is -0.378 e. The van der Waals surface area contributed by atoms with Crippen molar-refractivity contribution < 1.29 is 4.79 Å². The third kappa shape index (κ3) is 3.09. The molecule has 0 aromatic heterocycles. The molecule has 0 atom stereocenters. The Morgan fingerprint density at radius 2 is 1.70 bits per heavy atom. The zero-order valence-electron chi connectivity index (χ0n) is 13.9. The SMILES string of the molecule is CN(C)c1ccc(CNC(=O)C2(c3ccccc3)CCC2)cc1. The van der Waals surface area contributed by atoms with Crippen LogP contribution < -0.4 is 10.2 Å². The van der Waals surface area contributed by atoms with E-state index in [2.05, 4.69) is 46.6 Å². The summed E-state index contributed by atoms with van der Waals surface area (Å²) in [7, 11) is 4.05. The average Bonchev–Trinajstić information content (AvgIpc) is 2.53. The topological polar surface area (TPSA) is 32.3 Å². The molecule has 0 saturated heterocycles. The van der Waals surface area contributed by atoms with Crippen molar-refractivity contribution in [3.05, 3.63) is 65.7 Å². The van der Waals surface area contributed by atoms with Crippen LogP contribution in [0.4, 0.5) is 5.69 Å². The van der Waals surface area contributed by atoms with Crippen molar-refractivity contribution in [3.63, 3.8) is 0 Å². The molecule has 1 amide bonds. The number of anilines is 1. The molecule has 120 valence electrons. The summed E-state index contributed by atoms with van der Waals surface area (Å²) in [6.45, 7) is 0.584. The summed E-state index contributed by atoms with van der Waals surface area (Å²) in [5.74, 6) is 0.159. The van der Waals surface area contributed by atoms with Crippen LogP contribution in [0.3, 0.4) is 0 Å². The third-order valence-electron chi connectivity index (χ3n) is 4.87. The van der Waals surface area contributed by atoms with Crippen LogP contribution in [0, 0.1) is 0 Å². The predicted octanol–water partition coefficient (Wildman–Crippen LogP) is 3.49. The van der Waals surface area contributed by atoms with Gasteiger partial charge in [-0.3, -0.25) is 4.79 Å². The summed E-state index contributed by atoms with van der Waals surface area (Å²) >= 11 is 0. The summed E-state index contributed by atoms with van der Waals surface area (Å²) in [5, 5.41) is 3.14. The molecule has 3 heteroatoms. The fourth-order valence-corrected chi connectivity index (χ4v) is 3.20. The Balaban J connectivity index is 1.67. The lowest BCUT2D eigenvalue weighted by molar-refractivity contribution is -0.130. The Morgan fingerprint density at radius 3 is 2.22 bits per heavy atom. The number of nitrogens with zero attached hydrogens (tertiary/aromatic N) is 1. The Bertz CT molecular complexity index is 658. The maximum Gasteiger partial charge on any atom is 0.230 e. The second-order valence-corrected chi connectivity index (χ2v) is 6.55. The molecule has 3 nitrogen and oxygen atoms in total. The molecule has 2 aromatic rings. The lowest BCUT2D eigenvalue weighted by Gasteiger charge is -2.40. The molecule has 0 spiro atoms. The van der Waals surface area contributed by atoms with Crippen molar-refractivity contribution in [2.45, 2.75) is 31.2 Å². The monoisotopic (exact) mass is 308 g/mol. The first-order valence-electron chi connectivity index (χ1n) is 8.22. The highest BCUT2D eigenvalue weighted by Gasteiger charge is 2.45. The zero-order chi connectivity index (χ0) is 16.3. The summed E-state index contributed by atoms with van der Waals surface area (Å²) in [6.07, 6.45) is 3.02. The third-order valence-corrected chi connectivity index (χ3v) is 4.87. The summed E-state index contributed by atoms with van der Waals surface area (Å²) in [6, 6.07) is 18.5. The molecule has 1 saturated carbocycles. The van der Waals surface area contributed by atoms with Crippen LogP contribution in [0.25, 0.3) is 0 Å². The number of rotatable bonds is 5. The first-order chi connectivity index (χ1) is 11.1. The van der Waals surface area contributed by atoms with Gasteiger partial charge in [-0.05, 0) is 36.1 Å². The van der Waals surface area contributed by atoms with E-state index < -0.39 is 0 Å². The Kier molecular flexibility index (Phi) is 4.37. The second-order valence-electron chi connectivity index (χ2n) is 6.55. The Morgan fingerprint density at radius 1 is 1.04 bits per heavy atom. The highest BCUT2D eigenvalue weighted by molar-refractivity contribution is 5.89. The molecule has 1 fully saturated rings. The summed E-state index contributed by atoms with van der Waals surface area (Å²) < 4.78 is 0.